The van der Waals surface area contributed by atoms with Crippen LogP contribution in [0.5, 0.6) is 0 Å². The number of rotatable bonds is 9. The first-order chi connectivity index (χ1) is 21.9. The molecule has 1 fully saturated rings. The van der Waals surface area contributed by atoms with Crippen LogP contribution in [-0.2, 0) is 31.0 Å². The number of fused-ring (bicyclic) bond motifs is 1. The molecule has 3 aromatic carbocycles. The SMILES string of the molecule is COC(=O)c1cc(CONC(=O)[C@@H]2c3ccccc3C(=O)N([C@H]3CCCC[C@@H]3NS(C)(=O)=O)[C@H]2c2ccc(Cl)cc2Cl)ccc1F. The third kappa shape index (κ3) is 7.21. The number of nitrogens with one attached hydrogen (secondary N) is 2. The molecule has 0 spiro atoms. The summed E-state index contributed by atoms with van der Waals surface area (Å²) >= 11 is 13.0. The van der Waals surface area contributed by atoms with Crippen molar-refractivity contribution in [3.05, 3.63) is 104 Å². The molecule has 1 heterocycles. The van der Waals surface area contributed by atoms with Gasteiger partial charge in [0.25, 0.3) is 11.8 Å². The van der Waals surface area contributed by atoms with Crippen LogP contribution < -0.4 is 10.2 Å². The first-order valence-electron chi connectivity index (χ1n) is 14.5. The van der Waals surface area contributed by atoms with Crippen LogP contribution in [0.4, 0.5) is 4.39 Å². The zero-order valence-corrected chi connectivity index (χ0v) is 27.3. The van der Waals surface area contributed by atoms with Gasteiger partial charge in [0.1, 0.15) is 5.82 Å². The molecule has 0 aromatic heterocycles. The van der Waals surface area contributed by atoms with Gasteiger partial charge in [-0.3, -0.25) is 14.4 Å². The van der Waals surface area contributed by atoms with E-state index in [9.17, 15) is 27.2 Å². The number of nitrogens with zero attached hydrogens (tertiary/aromatic N) is 1. The molecule has 0 radical (unpaired) electrons. The molecule has 1 saturated carbocycles. The molecule has 0 bridgehead atoms. The van der Waals surface area contributed by atoms with Gasteiger partial charge in [0, 0.05) is 27.7 Å². The van der Waals surface area contributed by atoms with E-state index in [1.807, 2.05) is 0 Å². The molecule has 244 valence electrons. The number of halogens is 3. The molecule has 46 heavy (non-hydrogen) atoms. The van der Waals surface area contributed by atoms with Crippen LogP contribution >= 0.6 is 23.2 Å². The highest BCUT2D eigenvalue weighted by Gasteiger charge is 2.49. The Bertz CT molecular complexity index is 1770. The Hall–Kier alpha value is -3.55. The summed E-state index contributed by atoms with van der Waals surface area (Å²) in [6.07, 6.45) is 3.55. The quantitative estimate of drug-likeness (QED) is 0.230. The van der Waals surface area contributed by atoms with E-state index in [0.29, 0.717) is 34.6 Å². The molecule has 0 unspecified atom stereocenters. The van der Waals surface area contributed by atoms with Gasteiger partial charge in [0.2, 0.25) is 10.0 Å². The maximum Gasteiger partial charge on any atom is 0.340 e. The molecule has 2 aliphatic rings. The fraction of sp³-hybridized carbons (Fsp3) is 0.344. The number of hydrogen-bond acceptors (Lipinski definition) is 7. The number of ether oxygens (including phenoxy) is 1. The van der Waals surface area contributed by atoms with Crippen LogP contribution in [0, 0.1) is 5.82 Å². The lowest BCUT2D eigenvalue weighted by atomic mass is 9.76. The minimum absolute atomic E-state index is 0.220. The van der Waals surface area contributed by atoms with Gasteiger partial charge in [-0.15, -0.1) is 0 Å². The monoisotopic (exact) mass is 691 g/mol. The van der Waals surface area contributed by atoms with E-state index in [4.69, 9.17) is 28.0 Å². The zero-order valence-electron chi connectivity index (χ0n) is 25.0. The molecule has 3 aromatic rings. The van der Waals surface area contributed by atoms with E-state index in [1.54, 1.807) is 41.3 Å². The van der Waals surface area contributed by atoms with Crippen molar-refractivity contribution in [2.24, 2.45) is 0 Å². The van der Waals surface area contributed by atoms with E-state index in [1.165, 1.54) is 18.2 Å². The summed E-state index contributed by atoms with van der Waals surface area (Å²) in [6, 6.07) is 13.1. The average molecular weight is 693 g/mol. The van der Waals surface area contributed by atoms with E-state index < -0.39 is 51.8 Å². The van der Waals surface area contributed by atoms with Crippen molar-refractivity contribution in [2.75, 3.05) is 13.4 Å². The number of benzene rings is 3. The highest BCUT2D eigenvalue weighted by Crippen LogP contribution is 2.47. The highest BCUT2D eigenvalue weighted by molar-refractivity contribution is 7.88. The van der Waals surface area contributed by atoms with Crippen molar-refractivity contribution in [3.63, 3.8) is 0 Å². The second kappa shape index (κ2) is 14.1. The number of methoxy groups -OCH3 is 1. The van der Waals surface area contributed by atoms with Crippen LogP contribution in [0.1, 0.15) is 75.0 Å². The summed E-state index contributed by atoms with van der Waals surface area (Å²) in [5, 5.41) is 0.575. The normalized spacial score (nSPS) is 21.4. The molecule has 14 heteroatoms. The first kappa shape index (κ1) is 33.8. The molecule has 1 aliphatic heterocycles. The van der Waals surface area contributed by atoms with Crippen LogP contribution in [0.25, 0.3) is 0 Å². The largest absolute Gasteiger partial charge is 0.465 e. The van der Waals surface area contributed by atoms with E-state index in [0.717, 1.165) is 32.3 Å². The second-order valence-electron chi connectivity index (χ2n) is 11.3. The fourth-order valence-corrected chi connectivity index (χ4v) is 7.66. The fourth-order valence-electron chi connectivity index (χ4n) is 6.31. The standard InChI is InChI=1S/C32H32Cl2FN3O7S/c1-44-32(41)23-15-18(11-14-25(23)35)17-45-36-30(39)28-20-7-3-4-8-21(20)31(40)38(29(28)22-13-12-19(33)16-24(22)34)27-10-6-5-9-26(27)37-46(2,42)43/h3-4,7-8,11-16,26-29,37H,5-6,9-10,17H2,1-2H3,(H,36,39)/t26-,27-,28+,29-/m0/s1. The van der Waals surface area contributed by atoms with Crippen molar-refractivity contribution in [1.29, 1.82) is 0 Å². The van der Waals surface area contributed by atoms with Gasteiger partial charge in [0.05, 0.1) is 37.5 Å². The average Bonchev–Trinajstić information content (AvgIpc) is 3.01. The molecule has 1 aliphatic carbocycles. The van der Waals surface area contributed by atoms with Crippen LogP contribution in [0.15, 0.2) is 60.7 Å². The summed E-state index contributed by atoms with van der Waals surface area (Å²) in [7, 11) is -2.50. The predicted molar refractivity (Wildman–Crippen MR) is 169 cm³/mol. The molecule has 2 amide bonds. The number of esters is 1. The maximum atomic E-state index is 14.3. The Morgan fingerprint density at radius 1 is 1.02 bits per heavy atom. The molecule has 4 atom stereocenters. The minimum Gasteiger partial charge on any atom is -0.465 e. The Morgan fingerprint density at radius 2 is 1.76 bits per heavy atom. The summed E-state index contributed by atoms with van der Waals surface area (Å²) in [6.45, 7) is -0.220. The van der Waals surface area contributed by atoms with Gasteiger partial charge < -0.3 is 9.64 Å². The first-order valence-corrected chi connectivity index (χ1v) is 17.2. The number of sulfonamides is 1. The van der Waals surface area contributed by atoms with Crippen molar-refractivity contribution in [2.45, 2.75) is 56.3 Å². The van der Waals surface area contributed by atoms with Crippen molar-refractivity contribution in [3.8, 4) is 0 Å². The van der Waals surface area contributed by atoms with Crippen molar-refractivity contribution < 1.29 is 36.8 Å². The third-order valence-electron chi connectivity index (χ3n) is 8.24. The van der Waals surface area contributed by atoms with E-state index in [-0.39, 0.29) is 28.7 Å². The summed E-state index contributed by atoms with van der Waals surface area (Å²) < 4.78 is 46.2. The van der Waals surface area contributed by atoms with E-state index in [2.05, 4.69) is 14.9 Å². The molecular formula is C32H32Cl2FN3O7S. The molecular weight excluding hydrogens is 660 g/mol. The van der Waals surface area contributed by atoms with Gasteiger partial charge >= 0.3 is 5.97 Å². The number of carbonyl (C=O) groups excluding carboxylic acids is 3. The topological polar surface area (TPSA) is 131 Å². The predicted octanol–water partition coefficient (Wildman–Crippen LogP) is 5.31. The highest BCUT2D eigenvalue weighted by atomic mass is 35.5. The molecule has 5 rings (SSSR count). The van der Waals surface area contributed by atoms with Crippen molar-refractivity contribution in [1.82, 2.24) is 15.1 Å². The second-order valence-corrected chi connectivity index (χ2v) is 13.9. The zero-order chi connectivity index (χ0) is 33.2. The van der Waals surface area contributed by atoms with Crippen LogP contribution in [0.3, 0.4) is 0 Å². The van der Waals surface area contributed by atoms with Crippen LogP contribution in [0.2, 0.25) is 10.0 Å². The minimum atomic E-state index is -3.63. The van der Waals surface area contributed by atoms with E-state index >= 15 is 0 Å². The summed E-state index contributed by atoms with van der Waals surface area (Å²) in [4.78, 5) is 47.6. The Kier molecular flexibility index (Phi) is 10.3. The summed E-state index contributed by atoms with van der Waals surface area (Å²) in [5.74, 6) is -3.66. The lowest BCUT2D eigenvalue weighted by molar-refractivity contribution is -0.138. The number of hydroxylamine groups is 1. The third-order valence-corrected chi connectivity index (χ3v) is 9.53. The summed E-state index contributed by atoms with van der Waals surface area (Å²) in [5.41, 5.74) is 3.73. The number of carbonyl (C=O) groups is 3. The van der Waals surface area contributed by atoms with Crippen molar-refractivity contribution >= 4 is 51.0 Å². The lowest BCUT2D eigenvalue weighted by Crippen LogP contribution is -2.59. The smallest absolute Gasteiger partial charge is 0.340 e. The lowest BCUT2D eigenvalue weighted by Gasteiger charge is -2.49. The van der Waals surface area contributed by atoms with Crippen LogP contribution in [-0.4, -0.2) is 56.6 Å². The van der Waals surface area contributed by atoms with Gasteiger partial charge in [-0.25, -0.2) is 27.8 Å². The molecule has 0 saturated heterocycles. The Labute approximate surface area is 276 Å². The number of hydrogen-bond donors (Lipinski definition) is 2. The Morgan fingerprint density at radius 3 is 2.48 bits per heavy atom. The van der Waals surface area contributed by atoms with Gasteiger partial charge in [-0.2, -0.15) is 0 Å². The number of amides is 2. The Balaban J connectivity index is 1.55. The van der Waals surface area contributed by atoms with Gasteiger partial charge in [-0.05, 0) is 59.9 Å². The maximum absolute atomic E-state index is 14.3. The molecule has 2 N–H and O–H groups in total. The van der Waals surface area contributed by atoms with Gasteiger partial charge in [0.15, 0.2) is 0 Å². The van der Waals surface area contributed by atoms with Gasteiger partial charge in [-0.1, -0.05) is 66.4 Å². The molecule has 10 nitrogen and oxygen atoms in total.